The maximum atomic E-state index is 13.0. The first kappa shape index (κ1) is 35.8. The zero-order valence-corrected chi connectivity index (χ0v) is 25.6. The Balaban J connectivity index is 0.000000457. The summed E-state index contributed by atoms with van der Waals surface area (Å²) in [7, 11) is 0. The number of nitrogens with one attached hydrogen (secondary N) is 3. The van der Waals surface area contributed by atoms with Gasteiger partial charge in [0, 0.05) is 12.6 Å². The van der Waals surface area contributed by atoms with E-state index in [-0.39, 0.29) is 11.9 Å². The molecule has 0 spiro atoms. The summed E-state index contributed by atoms with van der Waals surface area (Å²) >= 11 is 0. The van der Waals surface area contributed by atoms with Gasteiger partial charge in [-0.3, -0.25) is 19.2 Å². The lowest BCUT2D eigenvalue weighted by Crippen LogP contribution is -2.62. The van der Waals surface area contributed by atoms with E-state index in [4.69, 9.17) is 0 Å². The lowest BCUT2D eigenvalue weighted by atomic mass is 9.81. The molecule has 3 unspecified atom stereocenters. The highest BCUT2D eigenvalue weighted by Gasteiger charge is 2.43. The zero-order valence-electron chi connectivity index (χ0n) is 25.6. The number of urea groups is 1. The molecule has 1 aliphatic heterocycles. The number of rotatable bonds is 8. The van der Waals surface area contributed by atoms with Gasteiger partial charge in [-0.1, -0.05) is 66.2 Å². The number of carboxylic acids is 1. The summed E-state index contributed by atoms with van der Waals surface area (Å²) in [5.74, 6) is -1.87. The number of ketones is 1. The van der Waals surface area contributed by atoms with E-state index in [0.29, 0.717) is 25.8 Å². The fourth-order valence-corrected chi connectivity index (χ4v) is 5.01. The third-order valence-corrected chi connectivity index (χ3v) is 8.04. The molecule has 3 rings (SSSR count). The zero-order chi connectivity index (χ0) is 31.4. The molecule has 41 heavy (non-hydrogen) atoms. The minimum atomic E-state index is -1.23. The molecule has 3 atom stereocenters. The van der Waals surface area contributed by atoms with Crippen molar-refractivity contribution in [2.24, 2.45) is 17.1 Å². The average Bonchev–Trinajstić information content (AvgIpc) is 3.31. The number of nitrogens with zero attached hydrogens (tertiary/aromatic N) is 1. The largest absolute Gasteiger partial charge is 0.480 e. The van der Waals surface area contributed by atoms with Crippen LogP contribution in [0.15, 0.2) is 0 Å². The molecular formula is C29H51N5O7. The van der Waals surface area contributed by atoms with Gasteiger partial charge in [-0.25, -0.2) is 9.59 Å². The van der Waals surface area contributed by atoms with Crippen LogP contribution in [0.1, 0.15) is 106 Å². The molecule has 3 fully saturated rings. The number of likely N-dealkylation sites (tertiary alicyclic amines) is 1. The van der Waals surface area contributed by atoms with Crippen LogP contribution in [0.5, 0.6) is 0 Å². The van der Waals surface area contributed by atoms with E-state index in [1.54, 1.807) is 0 Å². The smallest absolute Gasteiger partial charge is 0.329 e. The van der Waals surface area contributed by atoms with Gasteiger partial charge in [-0.15, -0.1) is 0 Å². The second-order valence-electron chi connectivity index (χ2n) is 12.6. The van der Waals surface area contributed by atoms with E-state index >= 15 is 0 Å². The van der Waals surface area contributed by atoms with Gasteiger partial charge in [0.1, 0.15) is 11.6 Å². The number of carbonyl (C=O) groups is 6. The highest BCUT2D eigenvalue weighted by Crippen LogP contribution is 2.29. The molecule has 2 aliphatic carbocycles. The van der Waals surface area contributed by atoms with E-state index in [9.17, 15) is 33.9 Å². The van der Waals surface area contributed by atoms with E-state index in [1.807, 2.05) is 32.6 Å². The molecule has 0 bridgehead atoms. The van der Waals surface area contributed by atoms with Gasteiger partial charge in [-0.2, -0.15) is 0 Å². The summed E-state index contributed by atoms with van der Waals surface area (Å²) < 4.78 is 0. The molecular weight excluding hydrogens is 530 g/mol. The third kappa shape index (κ3) is 11.3. The summed E-state index contributed by atoms with van der Waals surface area (Å²) in [5, 5.41) is 17.2. The van der Waals surface area contributed by atoms with E-state index in [2.05, 4.69) is 28.6 Å². The Morgan fingerprint density at radius 2 is 1.54 bits per heavy atom. The van der Waals surface area contributed by atoms with Crippen LogP contribution in [0.25, 0.3) is 0 Å². The summed E-state index contributed by atoms with van der Waals surface area (Å²) in [6.45, 7) is 12.1. The van der Waals surface area contributed by atoms with Crippen molar-refractivity contribution in [1.29, 1.82) is 0 Å². The molecule has 0 aromatic heterocycles. The number of hydrogen-bond acceptors (Lipinski definition) is 6. The fourth-order valence-electron chi connectivity index (χ4n) is 5.01. The van der Waals surface area contributed by atoms with Gasteiger partial charge in [0.2, 0.25) is 18.1 Å². The number of carboxylic acid groups (broad SMARTS) is 1. The summed E-state index contributed by atoms with van der Waals surface area (Å²) in [4.78, 5) is 69.6. The number of carbonyl (C=O) groups excluding carboxylic acids is 5. The Bertz CT molecular complexity index is 923. The Labute approximate surface area is 243 Å². The highest BCUT2D eigenvalue weighted by atomic mass is 16.4. The van der Waals surface area contributed by atoms with Gasteiger partial charge < -0.3 is 31.7 Å². The normalized spacial score (nSPS) is 21.2. The van der Waals surface area contributed by atoms with Gasteiger partial charge >= 0.3 is 12.0 Å². The van der Waals surface area contributed by atoms with Crippen molar-refractivity contribution in [3.8, 4) is 0 Å². The van der Waals surface area contributed by atoms with Crippen molar-refractivity contribution in [1.82, 2.24) is 20.9 Å². The van der Waals surface area contributed by atoms with Crippen molar-refractivity contribution >= 4 is 36.0 Å². The molecule has 6 N–H and O–H groups in total. The maximum Gasteiger partial charge on any atom is 0.329 e. The third-order valence-electron chi connectivity index (χ3n) is 8.04. The molecule has 1 heterocycles. The van der Waals surface area contributed by atoms with Crippen LogP contribution in [0.2, 0.25) is 0 Å². The second-order valence-corrected chi connectivity index (χ2v) is 12.6. The standard InChI is InChI=1S/C19H33N3O4.C5H8N2O3.C5H10/c1-13-9-8-12-22(13)15(23)14(18(2,3)4)20-17(26)21-19(16(24)25)10-6-5-7-11-19;1-3(7-2-8)4(9)5(6)10;1-5-3-2-4-5/h13-14H,5-12H2,1-4H3,(H,24,25)(H2,20,21,26);2-3H,1H3,(H2,6,10)(H,7,8);5H,2-4H2,1H3. The Morgan fingerprint density at radius 3 is 1.90 bits per heavy atom. The Morgan fingerprint density at radius 1 is 0.976 bits per heavy atom. The molecule has 0 aromatic rings. The maximum absolute atomic E-state index is 13.0. The lowest BCUT2D eigenvalue weighted by Gasteiger charge is -2.37. The molecule has 0 aromatic carbocycles. The van der Waals surface area contributed by atoms with Crippen LogP contribution < -0.4 is 21.7 Å². The number of primary amides is 1. The number of Topliss-reactive ketones (excluding diaryl/α,β-unsaturated/α-hetero) is 1. The molecule has 0 radical (unpaired) electrons. The van der Waals surface area contributed by atoms with Crippen molar-refractivity contribution in [2.75, 3.05) is 6.54 Å². The second kappa shape index (κ2) is 16.3. The van der Waals surface area contributed by atoms with Crippen LogP contribution >= 0.6 is 0 Å². The van der Waals surface area contributed by atoms with Crippen LogP contribution in [-0.4, -0.2) is 76.2 Å². The fraction of sp³-hybridized carbons (Fsp3) is 0.793. The molecule has 234 valence electrons. The molecule has 5 amide bonds. The van der Waals surface area contributed by atoms with Crippen LogP contribution in [-0.2, 0) is 24.0 Å². The van der Waals surface area contributed by atoms with Gasteiger partial charge in [-0.05, 0) is 50.9 Å². The van der Waals surface area contributed by atoms with Crippen LogP contribution in [0.3, 0.4) is 0 Å². The lowest BCUT2D eigenvalue weighted by molar-refractivity contribution is -0.145. The van der Waals surface area contributed by atoms with Gasteiger partial charge in [0.15, 0.2) is 0 Å². The quantitative estimate of drug-likeness (QED) is 0.215. The Kier molecular flexibility index (Phi) is 14.3. The first-order chi connectivity index (χ1) is 19.1. The van der Waals surface area contributed by atoms with E-state index in [0.717, 1.165) is 38.0 Å². The molecule has 1 saturated heterocycles. The number of hydrogen-bond donors (Lipinski definition) is 5. The van der Waals surface area contributed by atoms with Crippen molar-refractivity contribution < 1.29 is 33.9 Å². The minimum absolute atomic E-state index is 0.0920. The molecule has 3 aliphatic rings. The van der Waals surface area contributed by atoms with Gasteiger partial charge in [0.25, 0.3) is 5.91 Å². The predicted octanol–water partition coefficient (Wildman–Crippen LogP) is 2.48. The topological polar surface area (TPSA) is 188 Å². The van der Waals surface area contributed by atoms with Crippen LogP contribution in [0, 0.1) is 11.3 Å². The minimum Gasteiger partial charge on any atom is -0.480 e. The Hall–Kier alpha value is -3.18. The molecule has 12 heteroatoms. The number of aliphatic carboxylic acids is 1. The van der Waals surface area contributed by atoms with Crippen molar-refractivity contribution in [3.05, 3.63) is 0 Å². The average molecular weight is 582 g/mol. The first-order valence-corrected chi connectivity index (χ1v) is 14.7. The summed E-state index contributed by atoms with van der Waals surface area (Å²) in [5.41, 5.74) is 2.92. The SMILES string of the molecule is CC(NC=O)C(=O)C(N)=O.CC1CCC1.CC1CCCN1C(=O)C(NC(=O)NC1(C(=O)O)CCCCC1)C(C)(C)C. The summed E-state index contributed by atoms with van der Waals surface area (Å²) in [6, 6.07) is -1.93. The highest BCUT2D eigenvalue weighted by molar-refractivity contribution is 6.37. The molecule has 12 nitrogen and oxygen atoms in total. The predicted molar refractivity (Wildman–Crippen MR) is 155 cm³/mol. The summed E-state index contributed by atoms with van der Waals surface area (Å²) in [6.07, 6.45) is 10.1. The van der Waals surface area contributed by atoms with E-state index < -0.39 is 46.7 Å². The van der Waals surface area contributed by atoms with Crippen molar-refractivity contribution in [2.45, 2.75) is 129 Å². The molecule has 2 saturated carbocycles. The van der Waals surface area contributed by atoms with Gasteiger partial charge in [0.05, 0.1) is 6.04 Å². The monoisotopic (exact) mass is 581 g/mol. The van der Waals surface area contributed by atoms with Crippen molar-refractivity contribution in [3.63, 3.8) is 0 Å². The first-order valence-electron chi connectivity index (χ1n) is 14.7. The van der Waals surface area contributed by atoms with Crippen LogP contribution in [0.4, 0.5) is 4.79 Å². The number of nitrogens with two attached hydrogens (primary N) is 1. The van der Waals surface area contributed by atoms with E-state index in [1.165, 1.54) is 26.2 Å². The number of amides is 5.